The number of aryl methyl sites for hydroxylation is 2. The predicted octanol–water partition coefficient (Wildman–Crippen LogP) is 6.04. The van der Waals surface area contributed by atoms with Crippen molar-refractivity contribution in [2.45, 2.75) is 72.3 Å². The molecule has 1 aromatic carbocycles. The van der Waals surface area contributed by atoms with Crippen LogP contribution in [-0.2, 0) is 11.3 Å². The Morgan fingerprint density at radius 3 is 2.56 bits per heavy atom. The number of carbonyl (C=O) groups is 1. The normalized spacial score (nSPS) is 11.6. The fourth-order valence-corrected chi connectivity index (χ4v) is 2.96. The van der Waals surface area contributed by atoms with Gasteiger partial charge in [-0.1, -0.05) is 51.2 Å². The lowest BCUT2D eigenvalue weighted by molar-refractivity contribution is -0.118. The maximum atomic E-state index is 11.9. The minimum Gasteiger partial charge on any atom is -0.493 e. The molecule has 5 nitrogen and oxygen atoms in total. The molecule has 5 heteroatoms. The van der Waals surface area contributed by atoms with Gasteiger partial charge in [-0.05, 0) is 31.9 Å². The van der Waals surface area contributed by atoms with E-state index in [1.165, 1.54) is 0 Å². The lowest BCUT2D eigenvalue weighted by Gasteiger charge is -2.06. The van der Waals surface area contributed by atoms with Crippen molar-refractivity contribution in [2.24, 2.45) is 10.2 Å². The molecule has 0 spiro atoms. The zero-order chi connectivity index (χ0) is 18.2. The number of fused-ring (bicyclic) bond motifs is 1. The summed E-state index contributed by atoms with van der Waals surface area (Å²) in [6.45, 7) is 6.99. The van der Waals surface area contributed by atoms with Crippen molar-refractivity contribution in [3.8, 4) is 5.88 Å². The van der Waals surface area contributed by atoms with E-state index in [2.05, 4.69) is 24.1 Å². The largest absolute Gasteiger partial charge is 0.493 e. The maximum Gasteiger partial charge on any atom is 0.264 e. The number of nitrogens with zero attached hydrogens (tertiary/aromatic N) is 3. The third-order valence-electron chi connectivity index (χ3n) is 4.41. The Hall–Kier alpha value is -2.17. The zero-order valence-corrected chi connectivity index (χ0v) is 15.6. The molecule has 1 heterocycles. The molecule has 2 rings (SSSR count). The van der Waals surface area contributed by atoms with E-state index < -0.39 is 0 Å². The van der Waals surface area contributed by atoms with Gasteiger partial charge in [-0.2, -0.15) is 0 Å². The van der Waals surface area contributed by atoms with Gasteiger partial charge in [0.2, 0.25) is 5.88 Å². The highest BCUT2D eigenvalue weighted by molar-refractivity contribution is 5.95. The van der Waals surface area contributed by atoms with Crippen LogP contribution in [0.15, 0.2) is 28.4 Å². The van der Waals surface area contributed by atoms with Gasteiger partial charge in [-0.15, -0.1) is 10.2 Å². The number of unbranched alkanes of at least 4 members (excludes halogenated alkanes) is 4. The van der Waals surface area contributed by atoms with Crippen LogP contribution in [0.3, 0.4) is 0 Å². The summed E-state index contributed by atoms with van der Waals surface area (Å²) >= 11 is 0. The van der Waals surface area contributed by atoms with Gasteiger partial charge in [-0.25, -0.2) is 0 Å². The molecule has 1 aromatic heterocycles. The highest BCUT2D eigenvalue weighted by Gasteiger charge is 2.17. The molecule has 0 aliphatic carbocycles. The molecule has 0 atom stereocenters. The van der Waals surface area contributed by atoms with Crippen LogP contribution in [-0.4, -0.2) is 15.6 Å². The van der Waals surface area contributed by atoms with Gasteiger partial charge in [0, 0.05) is 18.4 Å². The Balaban J connectivity index is 2.30. The van der Waals surface area contributed by atoms with Crippen molar-refractivity contribution in [3.05, 3.63) is 23.8 Å². The van der Waals surface area contributed by atoms with Crippen molar-refractivity contribution in [1.29, 1.82) is 0 Å². The van der Waals surface area contributed by atoms with Crippen molar-refractivity contribution >= 4 is 22.5 Å². The van der Waals surface area contributed by atoms with Crippen LogP contribution >= 0.6 is 0 Å². The second kappa shape index (κ2) is 9.35. The standard InChI is InChI=1S/C20H29N3O2/c1-4-6-8-10-18(24)21-22-19-16-14-15(3)11-12-17(16)23(20(19)25)13-9-7-5-2/h11-12,14,25H,4-10,13H2,1-3H3. The van der Waals surface area contributed by atoms with Crippen LogP contribution in [0.5, 0.6) is 5.88 Å². The first kappa shape index (κ1) is 19.2. The topological polar surface area (TPSA) is 66.9 Å². The number of rotatable bonds is 9. The van der Waals surface area contributed by atoms with Gasteiger partial charge < -0.3 is 9.67 Å². The molecule has 25 heavy (non-hydrogen) atoms. The molecule has 0 fully saturated rings. The maximum absolute atomic E-state index is 11.9. The van der Waals surface area contributed by atoms with Crippen LogP contribution in [0.1, 0.15) is 64.4 Å². The summed E-state index contributed by atoms with van der Waals surface area (Å²) in [6.07, 6.45) is 6.55. The van der Waals surface area contributed by atoms with E-state index in [4.69, 9.17) is 0 Å². The van der Waals surface area contributed by atoms with Gasteiger partial charge in [0.1, 0.15) is 0 Å². The SMILES string of the molecule is CCCCCC(=O)N=Nc1c(O)n(CCCCC)c2ccc(C)cc12. The first-order chi connectivity index (χ1) is 12.1. The van der Waals surface area contributed by atoms with Gasteiger partial charge in [0.15, 0.2) is 5.69 Å². The first-order valence-electron chi connectivity index (χ1n) is 9.34. The van der Waals surface area contributed by atoms with Gasteiger partial charge in [0.05, 0.1) is 5.52 Å². The third-order valence-corrected chi connectivity index (χ3v) is 4.41. The fraction of sp³-hybridized carbons (Fsp3) is 0.550. The van der Waals surface area contributed by atoms with Crippen LogP contribution in [0, 0.1) is 6.92 Å². The quantitative estimate of drug-likeness (QED) is 0.446. The van der Waals surface area contributed by atoms with Crippen molar-refractivity contribution in [3.63, 3.8) is 0 Å². The molecule has 0 radical (unpaired) electrons. The highest BCUT2D eigenvalue weighted by atomic mass is 16.3. The van der Waals surface area contributed by atoms with E-state index >= 15 is 0 Å². The summed E-state index contributed by atoms with van der Waals surface area (Å²) in [6, 6.07) is 6.01. The van der Waals surface area contributed by atoms with E-state index in [9.17, 15) is 9.90 Å². The number of aromatic hydroxyl groups is 1. The van der Waals surface area contributed by atoms with Crippen molar-refractivity contribution in [1.82, 2.24) is 4.57 Å². The molecule has 1 amide bonds. The fourth-order valence-electron chi connectivity index (χ4n) is 2.96. The Morgan fingerprint density at radius 2 is 1.84 bits per heavy atom. The first-order valence-corrected chi connectivity index (χ1v) is 9.34. The second-order valence-corrected chi connectivity index (χ2v) is 6.60. The summed E-state index contributed by atoms with van der Waals surface area (Å²) in [5, 5.41) is 19.4. The molecule has 2 aromatic rings. The third kappa shape index (κ3) is 4.91. The molecular formula is C20H29N3O2. The van der Waals surface area contributed by atoms with Gasteiger partial charge in [0.25, 0.3) is 5.91 Å². The number of carbonyl (C=O) groups excluding carboxylic acids is 1. The summed E-state index contributed by atoms with van der Waals surface area (Å²) in [4.78, 5) is 11.9. The second-order valence-electron chi connectivity index (χ2n) is 6.60. The van der Waals surface area contributed by atoms with E-state index in [1.807, 2.05) is 29.7 Å². The minimum absolute atomic E-state index is 0.0989. The smallest absolute Gasteiger partial charge is 0.264 e. The van der Waals surface area contributed by atoms with E-state index in [0.29, 0.717) is 12.1 Å². The number of hydrogen-bond donors (Lipinski definition) is 1. The molecule has 1 N–H and O–H groups in total. The number of aromatic nitrogens is 1. The Labute approximate surface area is 149 Å². The molecule has 136 valence electrons. The summed E-state index contributed by atoms with van der Waals surface area (Å²) in [5.74, 6) is -0.130. The average molecular weight is 343 g/mol. The Morgan fingerprint density at radius 1 is 1.12 bits per heavy atom. The van der Waals surface area contributed by atoms with E-state index in [-0.39, 0.29) is 11.8 Å². The van der Waals surface area contributed by atoms with Crippen molar-refractivity contribution in [2.75, 3.05) is 0 Å². The average Bonchev–Trinajstić information content (AvgIpc) is 2.84. The molecule has 0 aliphatic heterocycles. The summed E-state index contributed by atoms with van der Waals surface area (Å²) < 4.78 is 1.88. The minimum atomic E-state index is -0.229. The number of azo groups is 1. The van der Waals surface area contributed by atoms with E-state index in [1.54, 1.807) is 0 Å². The van der Waals surface area contributed by atoms with Gasteiger partial charge in [-0.3, -0.25) is 4.79 Å². The van der Waals surface area contributed by atoms with E-state index in [0.717, 1.165) is 61.5 Å². The van der Waals surface area contributed by atoms with Crippen LogP contribution in [0.4, 0.5) is 5.69 Å². The van der Waals surface area contributed by atoms with Crippen LogP contribution < -0.4 is 0 Å². The van der Waals surface area contributed by atoms with Gasteiger partial charge >= 0.3 is 0 Å². The lowest BCUT2D eigenvalue weighted by Crippen LogP contribution is -1.96. The predicted molar refractivity (Wildman–Crippen MR) is 102 cm³/mol. The Kier molecular flexibility index (Phi) is 7.16. The van der Waals surface area contributed by atoms with Crippen LogP contribution in [0.2, 0.25) is 0 Å². The number of amides is 1. The lowest BCUT2D eigenvalue weighted by atomic mass is 10.1. The molecule has 0 bridgehead atoms. The molecule has 0 aliphatic rings. The highest BCUT2D eigenvalue weighted by Crippen LogP contribution is 2.39. The molecule has 0 unspecified atom stereocenters. The van der Waals surface area contributed by atoms with Crippen LogP contribution in [0.25, 0.3) is 10.9 Å². The number of hydrogen-bond acceptors (Lipinski definition) is 3. The Bertz CT molecular complexity index is 747. The summed E-state index contributed by atoms with van der Waals surface area (Å²) in [7, 11) is 0. The van der Waals surface area contributed by atoms with Crippen molar-refractivity contribution < 1.29 is 9.90 Å². The molecule has 0 saturated heterocycles. The number of benzene rings is 1. The molecular weight excluding hydrogens is 314 g/mol. The molecule has 0 saturated carbocycles. The monoisotopic (exact) mass is 343 g/mol. The summed E-state index contributed by atoms with van der Waals surface area (Å²) in [5.41, 5.74) is 2.43. The zero-order valence-electron chi connectivity index (χ0n) is 15.6.